The van der Waals surface area contributed by atoms with Crippen molar-refractivity contribution >= 4 is 206 Å². The van der Waals surface area contributed by atoms with Gasteiger partial charge in [-0.2, -0.15) is 0 Å². The molecular weight excluding hydrogens is 2030 g/mol. The van der Waals surface area contributed by atoms with Crippen LogP contribution in [0.4, 0.5) is 5.69 Å². The van der Waals surface area contributed by atoms with Crippen molar-refractivity contribution in [2.45, 2.75) is 150 Å². The summed E-state index contributed by atoms with van der Waals surface area (Å²) in [5, 5.41) is 14.5. The number of aromatic amines is 2. The van der Waals surface area contributed by atoms with Crippen molar-refractivity contribution in [1.29, 1.82) is 0 Å². The van der Waals surface area contributed by atoms with Crippen molar-refractivity contribution in [3.05, 3.63) is 330 Å². The summed E-state index contributed by atoms with van der Waals surface area (Å²) in [7, 11) is 7.47. The van der Waals surface area contributed by atoms with Gasteiger partial charge in [0.1, 0.15) is 33.4 Å². The predicted molar refractivity (Wildman–Crippen MR) is 581 cm³/mol. The summed E-state index contributed by atoms with van der Waals surface area (Å²) < 4.78 is 44.3. The predicted octanol–water partition coefficient (Wildman–Crippen LogP) is 23.6. The minimum absolute atomic E-state index is 0. The summed E-state index contributed by atoms with van der Waals surface area (Å²) in [6, 6.07) is 40.8. The number of hydrogen-bond acceptors (Lipinski definition) is 26. The van der Waals surface area contributed by atoms with Gasteiger partial charge in [-0.25, -0.2) is 9.59 Å². The first-order chi connectivity index (χ1) is 68.2. The number of hydrogen-bond donors (Lipinski definition) is 3. The Morgan fingerprint density at radius 2 is 0.972 bits per heavy atom. The summed E-state index contributed by atoms with van der Waals surface area (Å²) in [5.74, 6) is -1.28. The summed E-state index contributed by atoms with van der Waals surface area (Å²) in [4.78, 5) is 131. The molecule has 0 amide bonds. The maximum atomic E-state index is 13.1. The van der Waals surface area contributed by atoms with Gasteiger partial charge in [0, 0.05) is 132 Å². The molecule has 1 unspecified atom stereocenters. The minimum Gasteiger partial charge on any atom is -0.497 e. The van der Waals surface area contributed by atoms with Crippen LogP contribution < -0.4 is 42.2 Å². The van der Waals surface area contributed by atoms with Crippen molar-refractivity contribution in [2.75, 3.05) is 72.7 Å². The Labute approximate surface area is 874 Å². The van der Waals surface area contributed by atoms with Gasteiger partial charge >= 0.3 is 23.9 Å². The molecule has 3 N–H and O–H groups in total. The van der Waals surface area contributed by atoms with Crippen molar-refractivity contribution in [3.8, 4) is 17.4 Å². The van der Waals surface area contributed by atoms with E-state index in [1.165, 1.54) is 59.8 Å². The number of nitrogens with one attached hydrogen (secondary N) is 2. The molecule has 752 valence electrons. The topological polar surface area (TPSA) is 324 Å². The average molecular weight is 2150 g/mol. The van der Waals surface area contributed by atoms with E-state index in [1.807, 2.05) is 108 Å². The number of aryl methyl sites for hydroxylation is 6. The van der Waals surface area contributed by atoms with Crippen LogP contribution >= 0.6 is 128 Å². The number of ether oxygens (including phenoxy) is 6. The lowest BCUT2D eigenvalue weighted by Gasteiger charge is -2.22. The van der Waals surface area contributed by atoms with Gasteiger partial charge in [-0.3, -0.25) is 74.9 Å². The van der Waals surface area contributed by atoms with Crippen molar-refractivity contribution < 1.29 is 54.1 Å². The zero-order valence-electron chi connectivity index (χ0n) is 81.1. The van der Waals surface area contributed by atoms with E-state index < -0.39 is 35.4 Å². The normalized spacial score (nSPS) is 12.2. The Bertz CT molecular complexity index is 7410. The van der Waals surface area contributed by atoms with Crippen LogP contribution in [0.5, 0.6) is 17.4 Å². The number of H-pyrrole nitrogens is 2. The summed E-state index contributed by atoms with van der Waals surface area (Å²) >= 11 is 46.3. The number of nitrogens with zero attached hydrogens (tertiary/aromatic N) is 9. The standard InChI is InChI=1S/C24H28ClNO5S.C22H22ClNO4S.C18H22N4O2S.C14H14ClNO3S.C12H9ClN2O2S.C8H10ClN.C6H6ClN.H2/c1-5-19(20-14-17(25)12-13-26-20)22(21(23(27)30-6-2)24(28)31-7-3)32-15-16-8-10-18(29-4)11-9-16;1-4-17-18-12-15(23)10-11-24(18)21(25)19(22(26)28-5-2)20(17)29-13-14-6-8-16(27-3)9-7-14;1-4-13-14-9-11(21-7-5-12(10-21)20(2)3)6-8-22(14)18(24)15-16(13)25-19-17(15)23;1-3-9-10-7-8(15)5-6-16(10)13(17)11(12(9)20)14(18)19-4-2;1-2-7-8-5-6(13)3-4-15(8)12(17)9-10(7)18-14-11(9)16;1-2-3-8-6-7(9)4-5-10-8;1-5-4-6(7)2-3-8-5;/h8-14,21H,5-7,15H2,1-4H3;6-12H,4-5,13H2,1-3H3;6,8-9,12H,4-5,7,10H2,1-3H3,(H,19,23);5-7,17H,3-4H2,1-2H3;3-5H,2H2,1H3,(H,14,16);4-6H,2-3H2,1H3;2-4H,1H3;1H/b22-19+;;;;;;;/i;;;;;;;1+1. The Morgan fingerprint density at radius 3 is 1.42 bits per heavy atom. The molecule has 14 heterocycles. The van der Waals surface area contributed by atoms with Gasteiger partial charge in [0.05, 0.1) is 82.3 Å². The van der Waals surface area contributed by atoms with Gasteiger partial charge in [0.15, 0.2) is 5.92 Å². The quantitative estimate of drug-likeness (QED) is 0.0142. The van der Waals surface area contributed by atoms with E-state index in [4.69, 9.17) is 110 Å². The van der Waals surface area contributed by atoms with Crippen LogP contribution in [0, 0.1) is 17.4 Å². The molecule has 15 aromatic rings. The highest BCUT2D eigenvalue weighted by molar-refractivity contribution is 8.02. The van der Waals surface area contributed by atoms with Crippen LogP contribution in [0.1, 0.15) is 161 Å². The molecule has 16 rings (SSSR count). The zero-order valence-corrected chi connectivity index (χ0v) is 89.7. The second-order valence-electron chi connectivity index (χ2n) is 31.8. The number of likely N-dealkylation sites (N-methyl/N-ethyl adjacent to an activating group) is 1. The number of benzene rings is 2. The Hall–Kier alpha value is -11.4. The van der Waals surface area contributed by atoms with Gasteiger partial charge in [-0.1, -0.05) is 177 Å². The first-order valence-electron chi connectivity index (χ1n) is 45.8. The van der Waals surface area contributed by atoms with Crippen LogP contribution in [0.3, 0.4) is 0 Å². The fourth-order valence-corrected chi connectivity index (χ4v) is 21.5. The number of pyridine rings is 11. The van der Waals surface area contributed by atoms with E-state index in [0.29, 0.717) is 87.9 Å². The lowest BCUT2D eigenvalue weighted by molar-refractivity contribution is -0.159. The number of carbonyl (C=O) groups excluding carboxylic acids is 4. The highest BCUT2D eigenvalue weighted by Crippen LogP contribution is 2.40. The van der Waals surface area contributed by atoms with Crippen LogP contribution in [-0.4, -0.2) is 149 Å². The molecule has 1 fully saturated rings. The lowest BCUT2D eigenvalue weighted by Crippen LogP contribution is -2.31. The molecule has 1 aliphatic rings. The Balaban J connectivity index is 0.000000192. The largest absolute Gasteiger partial charge is 0.497 e. The minimum atomic E-state index is -1.20. The third-order valence-electron chi connectivity index (χ3n) is 22.5. The molecule has 1 saturated heterocycles. The summed E-state index contributed by atoms with van der Waals surface area (Å²) in [6.07, 6.45) is 18.2. The highest BCUT2D eigenvalue weighted by atomic mass is 35.5. The van der Waals surface area contributed by atoms with Crippen LogP contribution in [0.15, 0.2) is 211 Å². The van der Waals surface area contributed by atoms with Gasteiger partial charge in [0.2, 0.25) is 5.88 Å². The number of fused-ring (bicyclic) bond motifs is 6. The van der Waals surface area contributed by atoms with Gasteiger partial charge < -0.3 is 43.3 Å². The van der Waals surface area contributed by atoms with Crippen molar-refractivity contribution in [1.82, 2.24) is 46.2 Å². The number of carbonyl (C=O) groups is 4. The number of halogens is 6. The molecule has 0 radical (unpaired) electrons. The Kier molecular flexibility index (Phi) is 43.1. The number of thioether (sulfide) groups is 2. The number of methoxy groups -OCH3 is 2. The molecule has 0 spiro atoms. The number of esters is 4. The molecule has 1 atom stereocenters. The van der Waals surface area contributed by atoms with Crippen LogP contribution in [0.25, 0.3) is 47.8 Å². The second kappa shape index (κ2) is 54.4. The number of aromatic hydroxyl groups is 1. The SMILES string of the molecule is CCCc1cc(Cl)ccn1.CCOC(=O)C(C(=O)OCC)/C(SCc1ccc(OC)cc1)=C(/CC)c1cc(Cl)ccn1.CCOC(=O)c1c(O)n2ccc(Cl)cc2c(CC)c1=S.CCOC(=O)c1c(SCc2ccc(OC)cc2)c(CC)c2cc(Cl)ccn2c1=O.CCc1c2s[nH]c(=O)c2c(=O)n2ccc(Cl)cc12.CCc1c2s[nH]c(=O)c2c(=O)n2ccc(N3CCC(N(C)C)C3)cc12.Cc1cc(Cl)ccn1.[2HH]. The number of rotatable bonds is 27. The van der Waals surface area contributed by atoms with E-state index in [-0.39, 0.29) is 77.9 Å². The molecule has 0 bridgehead atoms. The molecule has 27 nitrogen and oxygen atoms in total. The van der Waals surface area contributed by atoms with Crippen LogP contribution in [0.2, 0.25) is 30.1 Å². The van der Waals surface area contributed by atoms with Gasteiger partial charge in [-0.05, 0) is 242 Å². The zero-order chi connectivity index (χ0) is 103. The molecule has 0 saturated carbocycles. The molecule has 1 aliphatic heterocycles. The van der Waals surface area contributed by atoms with E-state index in [9.17, 15) is 48.3 Å². The molecule has 13 aromatic heterocycles. The van der Waals surface area contributed by atoms with E-state index in [1.54, 1.807) is 144 Å². The molecule has 142 heavy (non-hydrogen) atoms. The average Bonchev–Trinajstić information content (AvgIpc) is 1.72. The molecule has 2 aromatic carbocycles. The number of anilines is 1. The van der Waals surface area contributed by atoms with Gasteiger partial charge in [-0.15, -0.1) is 23.5 Å². The monoisotopic (exact) mass is 2140 g/mol. The fourth-order valence-electron chi connectivity index (χ4n) is 15.6. The van der Waals surface area contributed by atoms with Gasteiger partial charge in [0.25, 0.3) is 27.8 Å². The van der Waals surface area contributed by atoms with Crippen LogP contribution in [-0.2, 0) is 72.1 Å². The molecular formula is C104H113Cl6N11O16S5. The highest BCUT2D eigenvalue weighted by Gasteiger charge is 2.37. The number of aromatic nitrogens is 9. The summed E-state index contributed by atoms with van der Waals surface area (Å²) in [5.41, 5.74) is 11.9. The second-order valence-corrected chi connectivity index (χ2v) is 38.4. The third kappa shape index (κ3) is 28.2. The third-order valence-corrected chi connectivity index (χ3v) is 28.7. The molecule has 0 aliphatic carbocycles. The van der Waals surface area contributed by atoms with Crippen molar-refractivity contribution in [3.63, 3.8) is 0 Å². The van der Waals surface area contributed by atoms with Crippen molar-refractivity contribution in [2.24, 2.45) is 5.92 Å². The first kappa shape index (κ1) is 113. The maximum absolute atomic E-state index is 13.1. The van der Waals surface area contributed by atoms with E-state index in [2.05, 4.69) is 67.5 Å². The smallest absolute Gasteiger partial charge is 0.345 e. The maximum Gasteiger partial charge on any atom is 0.345 e. The Morgan fingerprint density at radius 1 is 0.528 bits per heavy atom. The summed E-state index contributed by atoms with van der Waals surface area (Å²) in [6.45, 7) is 23.5. The number of allylic oxidation sites excluding steroid dienone is 1. The first-order valence-corrected chi connectivity index (χ1v) is 52.1. The fraction of sp³-hybridized carbons (Fsp3) is 0.317. The van der Waals surface area contributed by atoms with E-state index in [0.717, 1.165) is 143 Å². The lowest BCUT2D eigenvalue weighted by atomic mass is 10.0. The molecule has 38 heteroatoms. The van der Waals surface area contributed by atoms with E-state index >= 15 is 0 Å².